The summed E-state index contributed by atoms with van der Waals surface area (Å²) in [5.41, 5.74) is -1.42. The highest BCUT2D eigenvalue weighted by Gasteiger charge is 2.30. The van der Waals surface area contributed by atoms with Gasteiger partial charge in [-0.25, -0.2) is 0 Å². The Balaban J connectivity index is 4.12. The maximum Gasteiger partial charge on any atom is 0.303 e. The van der Waals surface area contributed by atoms with Gasteiger partial charge < -0.3 is 14.9 Å². The minimum Gasteiger partial charge on any atom is -0.481 e. The fourth-order valence-corrected chi connectivity index (χ4v) is 1.45. The molecule has 0 bridgehead atoms. The molecule has 0 aliphatic carbocycles. The van der Waals surface area contributed by atoms with Crippen LogP contribution in [-0.4, -0.2) is 34.5 Å². The van der Waals surface area contributed by atoms with E-state index < -0.39 is 17.2 Å². The highest BCUT2D eigenvalue weighted by Crippen LogP contribution is 2.26. The van der Waals surface area contributed by atoms with Gasteiger partial charge in [0, 0.05) is 20.0 Å². The number of carbonyl (C=O) groups is 1. The monoisotopic (exact) mass is 204 g/mol. The summed E-state index contributed by atoms with van der Waals surface area (Å²) in [5.74, 6) is -0.888. The molecule has 0 spiro atoms. The fraction of sp³-hybridized carbons (Fsp3) is 0.900. The largest absolute Gasteiger partial charge is 0.481 e. The average molecular weight is 204 g/mol. The van der Waals surface area contributed by atoms with E-state index in [1.807, 2.05) is 13.8 Å². The van der Waals surface area contributed by atoms with Crippen molar-refractivity contribution in [3.8, 4) is 0 Å². The van der Waals surface area contributed by atoms with Crippen LogP contribution in [0.2, 0.25) is 0 Å². The summed E-state index contributed by atoms with van der Waals surface area (Å²) in [7, 11) is 1.58. The lowest BCUT2D eigenvalue weighted by Gasteiger charge is -2.32. The molecule has 0 fully saturated rings. The van der Waals surface area contributed by atoms with E-state index >= 15 is 0 Å². The molecule has 2 N–H and O–H groups in total. The Hall–Kier alpha value is -0.610. The number of hydrogen-bond donors (Lipinski definition) is 2. The minimum absolute atomic E-state index is 0.0210. The second-order valence-electron chi connectivity index (χ2n) is 4.53. The molecule has 0 aromatic carbocycles. The summed E-state index contributed by atoms with van der Waals surface area (Å²) >= 11 is 0. The number of aliphatic carboxylic acids is 1. The second-order valence-corrected chi connectivity index (χ2v) is 4.53. The first-order valence-corrected chi connectivity index (χ1v) is 4.68. The van der Waals surface area contributed by atoms with Crippen LogP contribution in [0.5, 0.6) is 0 Å². The first-order valence-electron chi connectivity index (χ1n) is 4.68. The maximum absolute atomic E-state index is 10.3. The molecule has 0 aromatic rings. The Kier molecular flexibility index (Phi) is 4.55. The highest BCUT2D eigenvalue weighted by molar-refractivity contribution is 5.66. The Morgan fingerprint density at radius 1 is 1.36 bits per heavy atom. The zero-order chi connectivity index (χ0) is 11.4. The Labute approximate surface area is 84.9 Å². The van der Waals surface area contributed by atoms with Crippen molar-refractivity contribution in [2.75, 3.05) is 7.11 Å². The van der Waals surface area contributed by atoms with Crippen LogP contribution in [-0.2, 0) is 9.53 Å². The van der Waals surface area contributed by atoms with Gasteiger partial charge in [0.05, 0.1) is 11.2 Å². The third kappa shape index (κ3) is 5.94. The topological polar surface area (TPSA) is 66.8 Å². The van der Waals surface area contributed by atoms with Crippen LogP contribution in [0.4, 0.5) is 0 Å². The van der Waals surface area contributed by atoms with E-state index in [0.717, 1.165) is 0 Å². The zero-order valence-corrected chi connectivity index (χ0v) is 9.33. The molecule has 84 valence electrons. The first kappa shape index (κ1) is 13.4. The number of methoxy groups -OCH3 is 1. The van der Waals surface area contributed by atoms with Crippen LogP contribution < -0.4 is 0 Å². The number of ether oxygens (including phenoxy) is 1. The van der Waals surface area contributed by atoms with E-state index in [2.05, 4.69) is 0 Å². The first-order chi connectivity index (χ1) is 6.18. The number of carboxylic acid groups (broad SMARTS) is 1. The molecule has 0 rings (SSSR count). The molecular weight excluding hydrogens is 184 g/mol. The molecule has 0 amide bonds. The molecule has 14 heavy (non-hydrogen) atoms. The molecule has 0 aliphatic rings. The predicted molar refractivity (Wildman–Crippen MR) is 53.2 cm³/mol. The van der Waals surface area contributed by atoms with Gasteiger partial charge >= 0.3 is 5.97 Å². The van der Waals surface area contributed by atoms with Crippen molar-refractivity contribution < 1.29 is 19.7 Å². The number of hydrogen-bond acceptors (Lipinski definition) is 3. The lowest BCUT2D eigenvalue weighted by atomic mass is 9.87. The minimum atomic E-state index is -0.988. The van der Waals surface area contributed by atoms with Crippen molar-refractivity contribution in [2.24, 2.45) is 0 Å². The third-order valence-corrected chi connectivity index (χ3v) is 2.24. The quantitative estimate of drug-likeness (QED) is 0.686. The average Bonchev–Trinajstić information content (AvgIpc) is 1.99. The molecule has 0 aliphatic heterocycles. The highest BCUT2D eigenvalue weighted by atomic mass is 16.5. The van der Waals surface area contributed by atoms with E-state index in [1.54, 1.807) is 14.0 Å². The van der Waals surface area contributed by atoms with E-state index in [4.69, 9.17) is 9.84 Å². The molecule has 1 atom stereocenters. The molecule has 1 unspecified atom stereocenters. The van der Waals surface area contributed by atoms with Crippen molar-refractivity contribution in [1.82, 2.24) is 0 Å². The van der Waals surface area contributed by atoms with Crippen LogP contribution in [0, 0.1) is 0 Å². The smallest absolute Gasteiger partial charge is 0.303 e. The van der Waals surface area contributed by atoms with E-state index in [-0.39, 0.29) is 12.8 Å². The summed E-state index contributed by atoms with van der Waals surface area (Å²) in [6, 6.07) is 0. The van der Waals surface area contributed by atoms with Gasteiger partial charge in [0.15, 0.2) is 0 Å². The normalized spacial score (nSPS) is 16.4. The van der Waals surface area contributed by atoms with Crippen molar-refractivity contribution in [2.45, 2.75) is 51.2 Å². The van der Waals surface area contributed by atoms with Gasteiger partial charge in [-0.2, -0.15) is 0 Å². The predicted octanol–water partition coefficient (Wildman–Crippen LogP) is 1.42. The van der Waals surface area contributed by atoms with E-state index in [9.17, 15) is 9.90 Å². The van der Waals surface area contributed by atoms with Crippen LogP contribution in [0.1, 0.15) is 40.0 Å². The molecular formula is C10H20O4. The number of aliphatic hydroxyl groups is 1. The van der Waals surface area contributed by atoms with Gasteiger partial charge in [0.1, 0.15) is 0 Å². The summed E-state index contributed by atoms with van der Waals surface area (Å²) < 4.78 is 5.17. The summed E-state index contributed by atoms with van der Waals surface area (Å²) in [4.78, 5) is 10.3. The van der Waals surface area contributed by atoms with Crippen molar-refractivity contribution in [1.29, 1.82) is 0 Å². The molecule has 0 saturated heterocycles. The molecule has 0 radical (unpaired) electrons. The van der Waals surface area contributed by atoms with Crippen LogP contribution >= 0.6 is 0 Å². The van der Waals surface area contributed by atoms with Gasteiger partial charge in [-0.15, -0.1) is 0 Å². The van der Waals surface area contributed by atoms with Crippen LogP contribution in [0.15, 0.2) is 0 Å². The fourth-order valence-electron chi connectivity index (χ4n) is 1.45. The lowest BCUT2D eigenvalue weighted by Crippen LogP contribution is -2.37. The standard InChI is InChI=1S/C10H20O4/c1-9(2,14-4)7-10(3,13)6-5-8(11)12/h13H,5-7H2,1-4H3,(H,11,12). The third-order valence-electron chi connectivity index (χ3n) is 2.24. The SMILES string of the molecule is COC(C)(C)CC(C)(O)CCC(=O)O. The van der Waals surface area contributed by atoms with Gasteiger partial charge in [-0.1, -0.05) is 0 Å². The molecule has 4 heteroatoms. The van der Waals surface area contributed by atoms with Crippen molar-refractivity contribution in [3.63, 3.8) is 0 Å². The van der Waals surface area contributed by atoms with Crippen molar-refractivity contribution >= 4 is 5.97 Å². The van der Waals surface area contributed by atoms with Crippen LogP contribution in [0.25, 0.3) is 0 Å². The Morgan fingerprint density at radius 2 is 1.86 bits per heavy atom. The Morgan fingerprint density at radius 3 is 2.21 bits per heavy atom. The molecule has 0 heterocycles. The van der Waals surface area contributed by atoms with Gasteiger partial charge in [0.25, 0.3) is 0 Å². The lowest BCUT2D eigenvalue weighted by molar-refractivity contribution is -0.139. The Bertz CT molecular complexity index is 196. The summed E-state index contributed by atoms with van der Waals surface area (Å²) in [5, 5.41) is 18.4. The number of rotatable bonds is 6. The van der Waals surface area contributed by atoms with E-state index in [1.165, 1.54) is 0 Å². The number of carboxylic acids is 1. The summed E-state index contributed by atoms with van der Waals surface area (Å²) in [6.45, 7) is 5.36. The van der Waals surface area contributed by atoms with Gasteiger partial charge in [0.2, 0.25) is 0 Å². The van der Waals surface area contributed by atoms with E-state index in [0.29, 0.717) is 6.42 Å². The summed E-state index contributed by atoms with van der Waals surface area (Å²) in [6.07, 6.45) is 0.645. The molecule has 4 nitrogen and oxygen atoms in total. The molecule has 0 aromatic heterocycles. The second kappa shape index (κ2) is 4.75. The van der Waals surface area contributed by atoms with Gasteiger partial charge in [-0.05, 0) is 27.2 Å². The zero-order valence-electron chi connectivity index (χ0n) is 9.33. The van der Waals surface area contributed by atoms with Gasteiger partial charge in [-0.3, -0.25) is 4.79 Å². The molecule has 0 saturated carbocycles. The van der Waals surface area contributed by atoms with Crippen LogP contribution in [0.3, 0.4) is 0 Å². The maximum atomic E-state index is 10.3. The van der Waals surface area contributed by atoms with Crippen molar-refractivity contribution in [3.05, 3.63) is 0 Å².